The lowest BCUT2D eigenvalue weighted by Gasteiger charge is -2.45. The second-order valence-corrected chi connectivity index (χ2v) is 10.2. The van der Waals surface area contributed by atoms with E-state index in [9.17, 15) is 9.59 Å². The predicted molar refractivity (Wildman–Crippen MR) is 147 cm³/mol. The van der Waals surface area contributed by atoms with Crippen molar-refractivity contribution in [1.82, 2.24) is 19.9 Å². The Morgan fingerprint density at radius 2 is 1.70 bits per heavy atom. The number of piperidine rings is 3. The number of aromatic nitrogens is 3. The van der Waals surface area contributed by atoms with Crippen molar-refractivity contribution < 1.29 is 4.79 Å². The van der Waals surface area contributed by atoms with E-state index in [2.05, 4.69) is 26.3 Å². The molecule has 37 heavy (non-hydrogen) atoms. The van der Waals surface area contributed by atoms with Crippen LogP contribution in [0.15, 0.2) is 71.5 Å². The SMILES string of the molecule is O=Cc1ccc(-c2ccc3[nH]c(=O)c(-c4nc5ccccc5[nH]4)c(N[C@H]4CN5CCC4CC5)c3c2)cc1. The molecule has 3 aromatic carbocycles. The van der Waals surface area contributed by atoms with Gasteiger partial charge in [-0.1, -0.05) is 42.5 Å². The quantitative estimate of drug-likeness (QED) is 0.300. The minimum atomic E-state index is -0.168. The number of hydrogen-bond acceptors (Lipinski definition) is 5. The van der Waals surface area contributed by atoms with Gasteiger partial charge in [0.25, 0.3) is 5.56 Å². The summed E-state index contributed by atoms with van der Waals surface area (Å²) in [5, 5.41) is 4.78. The van der Waals surface area contributed by atoms with E-state index < -0.39 is 0 Å². The number of nitrogens with one attached hydrogen (secondary N) is 3. The summed E-state index contributed by atoms with van der Waals surface area (Å²) in [7, 11) is 0. The number of aldehydes is 1. The van der Waals surface area contributed by atoms with Gasteiger partial charge in [-0.05, 0) is 67.2 Å². The first kappa shape index (κ1) is 22.0. The van der Waals surface area contributed by atoms with Gasteiger partial charge in [0.2, 0.25) is 0 Å². The summed E-state index contributed by atoms with van der Waals surface area (Å²) in [6, 6.07) is 21.8. The van der Waals surface area contributed by atoms with E-state index in [0.29, 0.717) is 22.9 Å². The fourth-order valence-electron chi connectivity index (χ4n) is 5.99. The molecule has 3 fully saturated rings. The number of anilines is 1. The van der Waals surface area contributed by atoms with Gasteiger partial charge in [-0.25, -0.2) is 4.98 Å². The lowest BCUT2D eigenvalue weighted by molar-refractivity contribution is 0.0976. The number of carbonyl (C=O) groups is 1. The van der Waals surface area contributed by atoms with Gasteiger partial charge in [0.1, 0.15) is 17.7 Å². The van der Waals surface area contributed by atoms with E-state index in [1.165, 1.54) is 12.8 Å². The minimum Gasteiger partial charge on any atom is -0.379 e. The van der Waals surface area contributed by atoms with Gasteiger partial charge in [-0.3, -0.25) is 9.59 Å². The molecule has 0 unspecified atom stereocenters. The number of rotatable bonds is 5. The largest absolute Gasteiger partial charge is 0.379 e. The number of aromatic amines is 2. The Balaban J connectivity index is 1.43. The molecule has 0 saturated carbocycles. The Morgan fingerprint density at radius 1 is 0.919 bits per heavy atom. The second-order valence-electron chi connectivity index (χ2n) is 10.2. The summed E-state index contributed by atoms with van der Waals surface area (Å²) >= 11 is 0. The Kier molecular flexibility index (Phi) is 5.18. The van der Waals surface area contributed by atoms with Gasteiger partial charge >= 0.3 is 0 Å². The number of hydrogen-bond donors (Lipinski definition) is 3. The highest BCUT2D eigenvalue weighted by Crippen LogP contribution is 2.37. The molecule has 7 nitrogen and oxygen atoms in total. The van der Waals surface area contributed by atoms with Gasteiger partial charge in [0.05, 0.1) is 22.2 Å². The molecule has 3 aliphatic heterocycles. The molecule has 7 heteroatoms. The summed E-state index contributed by atoms with van der Waals surface area (Å²) in [5.41, 5.74) is 6.37. The van der Waals surface area contributed by atoms with Crippen LogP contribution in [0.2, 0.25) is 0 Å². The third-order valence-electron chi connectivity index (χ3n) is 8.01. The lowest BCUT2D eigenvalue weighted by Crippen LogP contribution is -2.53. The summed E-state index contributed by atoms with van der Waals surface area (Å²) in [6.45, 7) is 3.28. The standard InChI is InChI=1S/C30H27N5O2/c36-17-18-5-7-19(8-6-18)21-9-10-23-22(15-21)28(31-26-16-35-13-11-20(26)12-14-35)27(30(37)34-23)29-32-24-3-1-2-4-25(24)33-29/h1-10,15,17,20,26H,11-14,16H2,(H,32,33)(H2,31,34,37)/t26-/m0/s1. The van der Waals surface area contributed by atoms with E-state index in [4.69, 9.17) is 4.98 Å². The molecule has 3 N–H and O–H groups in total. The van der Waals surface area contributed by atoms with Crippen molar-refractivity contribution in [3.63, 3.8) is 0 Å². The average molecular weight is 490 g/mol. The van der Waals surface area contributed by atoms with Gasteiger partial charge in [-0.2, -0.15) is 0 Å². The van der Waals surface area contributed by atoms with Crippen LogP contribution >= 0.6 is 0 Å². The molecular weight excluding hydrogens is 462 g/mol. The van der Waals surface area contributed by atoms with E-state index >= 15 is 0 Å². The minimum absolute atomic E-state index is 0.168. The number of fused-ring (bicyclic) bond motifs is 5. The number of nitrogens with zero attached hydrogens (tertiary/aromatic N) is 2. The molecule has 5 aromatic rings. The predicted octanol–water partition coefficient (Wildman–Crippen LogP) is 5.06. The van der Waals surface area contributed by atoms with Crippen molar-refractivity contribution in [3.05, 3.63) is 82.6 Å². The van der Waals surface area contributed by atoms with Crippen molar-refractivity contribution in [3.8, 4) is 22.5 Å². The number of pyridine rings is 1. The Morgan fingerprint density at radius 3 is 2.43 bits per heavy atom. The molecule has 3 aliphatic rings. The Bertz CT molecular complexity index is 1660. The van der Waals surface area contributed by atoms with E-state index in [-0.39, 0.29) is 11.6 Å². The van der Waals surface area contributed by atoms with Crippen LogP contribution < -0.4 is 10.9 Å². The Hall–Kier alpha value is -4.23. The van der Waals surface area contributed by atoms with Crippen molar-refractivity contribution in [2.24, 2.45) is 5.92 Å². The van der Waals surface area contributed by atoms with Gasteiger partial charge in [0.15, 0.2) is 0 Å². The summed E-state index contributed by atoms with van der Waals surface area (Å²) < 4.78 is 0. The monoisotopic (exact) mass is 489 g/mol. The maximum Gasteiger partial charge on any atom is 0.261 e. The summed E-state index contributed by atoms with van der Waals surface area (Å²) in [6.07, 6.45) is 3.20. The van der Waals surface area contributed by atoms with Crippen molar-refractivity contribution in [2.75, 3.05) is 25.0 Å². The molecule has 184 valence electrons. The third-order valence-corrected chi connectivity index (χ3v) is 8.01. The maximum absolute atomic E-state index is 13.6. The second kappa shape index (κ2) is 8.71. The zero-order chi connectivity index (χ0) is 24.9. The maximum atomic E-state index is 13.6. The van der Waals surface area contributed by atoms with Crippen LogP contribution in [-0.2, 0) is 0 Å². The topological polar surface area (TPSA) is 93.9 Å². The van der Waals surface area contributed by atoms with Gasteiger partial charge < -0.3 is 20.2 Å². The molecule has 5 heterocycles. The van der Waals surface area contributed by atoms with Crippen LogP contribution in [0.4, 0.5) is 5.69 Å². The first-order valence-corrected chi connectivity index (χ1v) is 12.9. The molecule has 3 saturated heterocycles. The van der Waals surface area contributed by atoms with Crippen LogP contribution in [0.1, 0.15) is 23.2 Å². The molecular formula is C30H27N5O2. The number of imidazole rings is 1. The molecule has 2 bridgehead atoms. The molecule has 0 radical (unpaired) electrons. The van der Waals surface area contributed by atoms with Crippen molar-refractivity contribution >= 4 is 33.9 Å². The highest BCUT2D eigenvalue weighted by atomic mass is 16.1. The molecule has 2 aromatic heterocycles. The number of benzene rings is 3. The lowest BCUT2D eigenvalue weighted by atomic mass is 9.83. The van der Waals surface area contributed by atoms with Crippen molar-refractivity contribution in [2.45, 2.75) is 18.9 Å². The molecule has 1 atom stereocenters. The van der Waals surface area contributed by atoms with Crippen LogP contribution in [0, 0.1) is 5.92 Å². The summed E-state index contributed by atoms with van der Waals surface area (Å²) in [5.74, 6) is 1.15. The van der Waals surface area contributed by atoms with E-state index in [1.54, 1.807) is 0 Å². The fraction of sp³-hybridized carbons (Fsp3) is 0.233. The zero-order valence-corrected chi connectivity index (χ0v) is 20.3. The van der Waals surface area contributed by atoms with Crippen LogP contribution in [0.3, 0.4) is 0 Å². The van der Waals surface area contributed by atoms with Gasteiger partial charge in [0, 0.05) is 23.5 Å². The number of para-hydroxylation sites is 2. The highest BCUT2D eigenvalue weighted by molar-refractivity contribution is 6.01. The van der Waals surface area contributed by atoms with E-state index in [1.807, 2.05) is 60.7 Å². The van der Waals surface area contributed by atoms with E-state index in [0.717, 1.165) is 64.7 Å². The first-order chi connectivity index (χ1) is 18.2. The molecule has 8 rings (SSSR count). The fourth-order valence-corrected chi connectivity index (χ4v) is 5.99. The molecule has 0 amide bonds. The molecule has 0 aliphatic carbocycles. The van der Waals surface area contributed by atoms with Gasteiger partial charge in [-0.15, -0.1) is 0 Å². The normalized spacial score (nSPS) is 20.9. The number of carbonyl (C=O) groups excluding carboxylic acids is 1. The highest BCUT2D eigenvalue weighted by Gasteiger charge is 2.35. The third kappa shape index (κ3) is 3.83. The van der Waals surface area contributed by atoms with Crippen LogP contribution in [0.5, 0.6) is 0 Å². The van der Waals surface area contributed by atoms with Crippen LogP contribution in [0.25, 0.3) is 44.5 Å². The Labute approximate surface area is 213 Å². The average Bonchev–Trinajstić information content (AvgIpc) is 3.37. The zero-order valence-electron chi connectivity index (χ0n) is 20.3. The number of H-pyrrole nitrogens is 2. The first-order valence-electron chi connectivity index (χ1n) is 12.9. The smallest absolute Gasteiger partial charge is 0.261 e. The molecule has 0 spiro atoms. The van der Waals surface area contributed by atoms with Crippen molar-refractivity contribution in [1.29, 1.82) is 0 Å². The van der Waals surface area contributed by atoms with Crippen LogP contribution in [-0.4, -0.2) is 51.8 Å². The summed E-state index contributed by atoms with van der Waals surface area (Å²) in [4.78, 5) is 38.5.